The highest BCUT2D eigenvalue weighted by Gasteiger charge is 2.06. The SMILES string of the molecule is CCCOc1ccc(CCl)c(OCCOCC(C)C)c1. The highest BCUT2D eigenvalue weighted by atomic mass is 35.5. The lowest BCUT2D eigenvalue weighted by Gasteiger charge is -2.13. The summed E-state index contributed by atoms with van der Waals surface area (Å²) in [5, 5.41) is 0. The topological polar surface area (TPSA) is 27.7 Å². The number of alkyl halides is 1. The van der Waals surface area contributed by atoms with E-state index in [2.05, 4.69) is 20.8 Å². The molecule has 0 heterocycles. The monoisotopic (exact) mass is 300 g/mol. The molecule has 0 aliphatic rings. The second-order valence-corrected chi connectivity index (χ2v) is 5.34. The van der Waals surface area contributed by atoms with E-state index in [9.17, 15) is 0 Å². The molecule has 0 N–H and O–H groups in total. The first-order valence-electron chi connectivity index (χ1n) is 7.19. The Hall–Kier alpha value is -0.930. The summed E-state index contributed by atoms with van der Waals surface area (Å²) in [5.41, 5.74) is 0.972. The van der Waals surface area contributed by atoms with Crippen molar-refractivity contribution in [3.05, 3.63) is 23.8 Å². The minimum Gasteiger partial charge on any atom is -0.493 e. The van der Waals surface area contributed by atoms with Gasteiger partial charge in [-0.15, -0.1) is 11.6 Å². The van der Waals surface area contributed by atoms with Crippen molar-refractivity contribution >= 4 is 11.6 Å². The lowest BCUT2D eigenvalue weighted by Crippen LogP contribution is -2.11. The molecular formula is C16H25ClO3. The number of hydrogen-bond donors (Lipinski definition) is 0. The van der Waals surface area contributed by atoms with Gasteiger partial charge in [0.1, 0.15) is 18.1 Å². The van der Waals surface area contributed by atoms with Crippen molar-refractivity contribution in [1.29, 1.82) is 0 Å². The van der Waals surface area contributed by atoms with Crippen LogP contribution in [0.2, 0.25) is 0 Å². The zero-order chi connectivity index (χ0) is 14.8. The van der Waals surface area contributed by atoms with Crippen LogP contribution in [0.1, 0.15) is 32.8 Å². The van der Waals surface area contributed by atoms with E-state index in [1.54, 1.807) is 0 Å². The van der Waals surface area contributed by atoms with Crippen LogP contribution >= 0.6 is 11.6 Å². The van der Waals surface area contributed by atoms with E-state index in [1.807, 2.05) is 18.2 Å². The van der Waals surface area contributed by atoms with Gasteiger partial charge < -0.3 is 14.2 Å². The fourth-order valence-corrected chi connectivity index (χ4v) is 1.84. The van der Waals surface area contributed by atoms with Crippen molar-refractivity contribution in [1.82, 2.24) is 0 Å². The summed E-state index contributed by atoms with van der Waals surface area (Å²) >= 11 is 5.92. The molecule has 0 aliphatic carbocycles. The molecule has 0 amide bonds. The minimum atomic E-state index is 0.427. The predicted octanol–water partition coefficient (Wildman–Crippen LogP) is 4.27. The van der Waals surface area contributed by atoms with Crippen molar-refractivity contribution < 1.29 is 14.2 Å². The largest absolute Gasteiger partial charge is 0.493 e. The number of hydrogen-bond acceptors (Lipinski definition) is 3. The summed E-state index contributed by atoms with van der Waals surface area (Å²) in [6.07, 6.45) is 0.983. The highest BCUT2D eigenvalue weighted by Crippen LogP contribution is 2.26. The molecule has 0 aliphatic heterocycles. The van der Waals surface area contributed by atoms with Crippen LogP contribution in [-0.4, -0.2) is 26.4 Å². The molecule has 0 spiro atoms. The molecule has 1 rings (SSSR count). The van der Waals surface area contributed by atoms with Gasteiger partial charge in [-0.05, 0) is 18.4 Å². The van der Waals surface area contributed by atoms with Gasteiger partial charge in [0, 0.05) is 18.2 Å². The van der Waals surface area contributed by atoms with Crippen LogP contribution < -0.4 is 9.47 Å². The van der Waals surface area contributed by atoms with Gasteiger partial charge in [-0.25, -0.2) is 0 Å². The molecule has 0 saturated carbocycles. The van der Waals surface area contributed by atoms with Crippen LogP contribution in [-0.2, 0) is 10.6 Å². The van der Waals surface area contributed by atoms with E-state index in [0.29, 0.717) is 31.6 Å². The summed E-state index contributed by atoms with van der Waals surface area (Å²) in [4.78, 5) is 0. The Kier molecular flexibility index (Phi) is 8.47. The number of rotatable bonds is 10. The lowest BCUT2D eigenvalue weighted by atomic mass is 10.2. The first kappa shape index (κ1) is 17.1. The normalized spacial score (nSPS) is 10.8. The first-order chi connectivity index (χ1) is 9.67. The molecule has 0 aromatic heterocycles. The van der Waals surface area contributed by atoms with E-state index in [1.165, 1.54) is 0 Å². The van der Waals surface area contributed by atoms with Crippen molar-refractivity contribution in [2.45, 2.75) is 33.1 Å². The second-order valence-electron chi connectivity index (χ2n) is 5.07. The van der Waals surface area contributed by atoms with Crippen molar-refractivity contribution in [3.63, 3.8) is 0 Å². The van der Waals surface area contributed by atoms with Crippen molar-refractivity contribution in [3.8, 4) is 11.5 Å². The van der Waals surface area contributed by atoms with Gasteiger partial charge >= 0.3 is 0 Å². The maximum atomic E-state index is 5.92. The van der Waals surface area contributed by atoms with Gasteiger partial charge in [-0.1, -0.05) is 26.8 Å². The number of ether oxygens (including phenoxy) is 3. The van der Waals surface area contributed by atoms with Crippen molar-refractivity contribution in [2.75, 3.05) is 26.4 Å². The molecule has 1 aromatic carbocycles. The van der Waals surface area contributed by atoms with Crippen LogP contribution in [0.4, 0.5) is 0 Å². The molecule has 114 valence electrons. The Morgan fingerprint density at radius 2 is 1.90 bits per heavy atom. The summed E-state index contributed by atoms with van der Waals surface area (Å²) in [7, 11) is 0. The Morgan fingerprint density at radius 1 is 1.10 bits per heavy atom. The van der Waals surface area contributed by atoms with Gasteiger partial charge in [0.05, 0.1) is 19.1 Å². The Bertz CT molecular complexity index is 380. The van der Waals surface area contributed by atoms with Crippen molar-refractivity contribution in [2.24, 2.45) is 5.92 Å². The average Bonchev–Trinajstić information content (AvgIpc) is 2.44. The smallest absolute Gasteiger partial charge is 0.127 e. The Balaban J connectivity index is 2.48. The van der Waals surface area contributed by atoms with Gasteiger partial charge in [-0.2, -0.15) is 0 Å². The summed E-state index contributed by atoms with van der Waals surface area (Å²) in [6.45, 7) is 8.90. The fraction of sp³-hybridized carbons (Fsp3) is 0.625. The van der Waals surface area contributed by atoms with Crippen LogP contribution in [0.25, 0.3) is 0 Å². The fourth-order valence-electron chi connectivity index (χ4n) is 1.62. The van der Waals surface area contributed by atoms with Gasteiger partial charge in [0.25, 0.3) is 0 Å². The van der Waals surface area contributed by atoms with E-state index >= 15 is 0 Å². The summed E-state index contributed by atoms with van der Waals surface area (Å²) in [5.74, 6) is 2.57. The molecule has 0 saturated heterocycles. The maximum absolute atomic E-state index is 5.92. The second kappa shape index (κ2) is 9.89. The third-order valence-corrected chi connectivity index (χ3v) is 2.88. The zero-order valence-electron chi connectivity index (χ0n) is 12.7. The molecule has 0 unspecified atom stereocenters. The summed E-state index contributed by atoms with van der Waals surface area (Å²) < 4.78 is 16.8. The molecule has 1 aromatic rings. The molecular weight excluding hydrogens is 276 g/mol. The highest BCUT2D eigenvalue weighted by molar-refractivity contribution is 6.17. The Morgan fingerprint density at radius 3 is 2.55 bits per heavy atom. The summed E-state index contributed by atoms with van der Waals surface area (Å²) in [6, 6.07) is 5.77. The van der Waals surface area contributed by atoms with E-state index < -0.39 is 0 Å². The quantitative estimate of drug-likeness (QED) is 0.477. The van der Waals surface area contributed by atoms with Crippen LogP contribution in [0.3, 0.4) is 0 Å². The van der Waals surface area contributed by atoms with Crippen LogP contribution in [0.5, 0.6) is 11.5 Å². The zero-order valence-corrected chi connectivity index (χ0v) is 13.4. The van der Waals surface area contributed by atoms with E-state index in [0.717, 1.165) is 30.1 Å². The van der Waals surface area contributed by atoms with Crippen LogP contribution in [0.15, 0.2) is 18.2 Å². The van der Waals surface area contributed by atoms with Gasteiger partial charge in [-0.3, -0.25) is 0 Å². The molecule has 3 nitrogen and oxygen atoms in total. The third kappa shape index (κ3) is 6.49. The Labute approximate surface area is 127 Å². The van der Waals surface area contributed by atoms with Gasteiger partial charge in [0.2, 0.25) is 0 Å². The van der Waals surface area contributed by atoms with Crippen LogP contribution in [0, 0.1) is 5.92 Å². The molecule has 20 heavy (non-hydrogen) atoms. The van der Waals surface area contributed by atoms with E-state index in [-0.39, 0.29) is 0 Å². The molecule has 4 heteroatoms. The molecule has 0 fully saturated rings. The molecule has 0 radical (unpaired) electrons. The maximum Gasteiger partial charge on any atom is 0.127 e. The number of halogens is 1. The molecule has 0 bridgehead atoms. The standard InChI is InChI=1S/C16H25ClO3/c1-4-7-19-15-6-5-14(11-17)16(10-15)20-9-8-18-12-13(2)3/h5-6,10,13H,4,7-9,11-12H2,1-3H3. The first-order valence-corrected chi connectivity index (χ1v) is 7.73. The molecule has 0 atom stereocenters. The third-order valence-electron chi connectivity index (χ3n) is 2.59. The van der Waals surface area contributed by atoms with E-state index in [4.69, 9.17) is 25.8 Å². The lowest BCUT2D eigenvalue weighted by molar-refractivity contribution is 0.0816. The minimum absolute atomic E-state index is 0.427. The number of benzene rings is 1. The van der Waals surface area contributed by atoms with Gasteiger partial charge in [0.15, 0.2) is 0 Å². The average molecular weight is 301 g/mol. The predicted molar refractivity (Wildman–Crippen MR) is 82.9 cm³/mol.